The fourth-order valence-corrected chi connectivity index (χ4v) is 4.48. The number of aliphatic hydroxyl groups excluding tert-OH is 1. The fourth-order valence-electron chi connectivity index (χ4n) is 4.48. The molecule has 3 rings (SSSR count). The van der Waals surface area contributed by atoms with Crippen molar-refractivity contribution in [2.45, 2.75) is 58.5 Å². The predicted octanol–water partition coefficient (Wildman–Crippen LogP) is 2.05. The Balaban J connectivity index is 1.65. The van der Waals surface area contributed by atoms with E-state index in [1.807, 2.05) is 11.1 Å². The Morgan fingerprint density at radius 1 is 1.32 bits per heavy atom. The van der Waals surface area contributed by atoms with Gasteiger partial charge in [0.2, 0.25) is 5.91 Å². The van der Waals surface area contributed by atoms with Crippen molar-refractivity contribution in [3.63, 3.8) is 0 Å². The van der Waals surface area contributed by atoms with E-state index in [0.29, 0.717) is 25.4 Å². The minimum atomic E-state index is 0.154. The normalized spacial score (nSPS) is 25.3. The van der Waals surface area contributed by atoms with Gasteiger partial charge in [0.25, 0.3) is 0 Å². The zero-order valence-electron chi connectivity index (χ0n) is 15.7. The molecule has 140 valence electrons. The number of amides is 1. The number of nitrogens with zero attached hydrogens (tertiary/aromatic N) is 4. The third kappa shape index (κ3) is 4.23. The van der Waals surface area contributed by atoms with Gasteiger partial charge in [-0.2, -0.15) is 0 Å². The third-order valence-corrected chi connectivity index (χ3v) is 5.75. The second-order valence-electron chi connectivity index (χ2n) is 8.05. The molecule has 0 aliphatic carbocycles. The SMILES string of the molecule is CC(C)n1ccnc1CN1CCCC2(CCC(=O)N(CCCO)C2)C1. The third-order valence-electron chi connectivity index (χ3n) is 5.75. The Hall–Kier alpha value is -1.40. The van der Waals surface area contributed by atoms with Gasteiger partial charge in [-0.1, -0.05) is 0 Å². The van der Waals surface area contributed by atoms with E-state index < -0.39 is 0 Å². The molecule has 6 nitrogen and oxygen atoms in total. The molecule has 1 aromatic rings. The number of aromatic nitrogens is 2. The van der Waals surface area contributed by atoms with Crippen LogP contribution in [0.5, 0.6) is 0 Å². The van der Waals surface area contributed by atoms with Gasteiger partial charge in [-0.3, -0.25) is 9.69 Å². The maximum Gasteiger partial charge on any atom is 0.222 e. The lowest BCUT2D eigenvalue weighted by atomic mass is 9.73. The van der Waals surface area contributed by atoms with E-state index in [1.54, 1.807) is 0 Å². The quantitative estimate of drug-likeness (QED) is 0.855. The van der Waals surface area contributed by atoms with E-state index in [0.717, 1.165) is 38.4 Å². The summed E-state index contributed by atoms with van der Waals surface area (Å²) in [6, 6.07) is 0.428. The molecule has 0 aromatic carbocycles. The largest absolute Gasteiger partial charge is 0.396 e. The van der Waals surface area contributed by atoms with E-state index in [4.69, 9.17) is 5.11 Å². The minimum absolute atomic E-state index is 0.154. The van der Waals surface area contributed by atoms with Crippen molar-refractivity contribution in [1.29, 1.82) is 0 Å². The summed E-state index contributed by atoms with van der Waals surface area (Å²) in [5.41, 5.74) is 0.219. The highest BCUT2D eigenvalue weighted by Gasteiger charge is 2.41. The van der Waals surface area contributed by atoms with E-state index in [1.165, 1.54) is 12.8 Å². The van der Waals surface area contributed by atoms with E-state index in [9.17, 15) is 4.79 Å². The first-order chi connectivity index (χ1) is 12.0. The fraction of sp³-hybridized carbons (Fsp3) is 0.789. The summed E-state index contributed by atoms with van der Waals surface area (Å²) in [5, 5.41) is 9.09. The van der Waals surface area contributed by atoms with Crippen LogP contribution in [0.25, 0.3) is 0 Å². The van der Waals surface area contributed by atoms with E-state index in [-0.39, 0.29) is 17.9 Å². The molecule has 1 N–H and O–H groups in total. The van der Waals surface area contributed by atoms with Crippen molar-refractivity contribution in [3.8, 4) is 0 Å². The average Bonchev–Trinajstić information content (AvgIpc) is 3.04. The van der Waals surface area contributed by atoms with Crippen LogP contribution in [0.2, 0.25) is 0 Å². The molecule has 2 aliphatic rings. The molecule has 1 spiro atoms. The smallest absolute Gasteiger partial charge is 0.222 e. The van der Waals surface area contributed by atoms with Gasteiger partial charge in [0, 0.05) is 56.5 Å². The van der Waals surface area contributed by atoms with Gasteiger partial charge in [-0.05, 0) is 46.1 Å². The zero-order chi connectivity index (χ0) is 17.9. The van der Waals surface area contributed by atoms with Crippen molar-refractivity contribution in [3.05, 3.63) is 18.2 Å². The highest BCUT2D eigenvalue weighted by atomic mass is 16.3. The first-order valence-corrected chi connectivity index (χ1v) is 9.66. The standard InChI is InChI=1S/C19H32N4O2/c1-16(2)23-11-8-20-17(23)13-21-9-3-6-19(14-21)7-5-18(25)22(15-19)10-4-12-24/h8,11,16,24H,3-7,9-10,12-15H2,1-2H3. The van der Waals surface area contributed by atoms with Crippen molar-refractivity contribution in [2.24, 2.45) is 5.41 Å². The van der Waals surface area contributed by atoms with Gasteiger partial charge in [-0.25, -0.2) is 4.98 Å². The average molecular weight is 348 g/mol. The first-order valence-electron chi connectivity index (χ1n) is 9.66. The van der Waals surface area contributed by atoms with Gasteiger partial charge in [0.1, 0.15) is 5.82 Å². The number of piperidine rings is 2. The van der Waals surface area contributed by atoms with Gasteiger partial charge < -0.3 is 14.6 Å². The van der Waals surface area contributed by atoms with Crippen molar-refractivity contribution >= 4 is 5.91 Å². The minimum Gasteiger partial charge on any atom is -0.396 e. The van der Waals surface area contributed by atoms with Gasteiger partial charge >= 0.3 is 0 Å². The number of aliphatic hydroxyl groups is 1. The molecule has 25 heavy (non-hydrogen) atoms. The topological polar surface area (TPSA) is 61.6 Å². The molecule has 3 heterocycles. The highest BCUT2D eigenvalue weighted by Crippen LogP contribution is 2.39. The molecule has 2 saturated heterocycles. The van der Waals surface area contributed by atoms with Crippen molar-refractivity contribution < 1.29 is 9.90 Å². The maximum absolute atomic E-state index is 12.2. The van der Waals surface area contributed by atoms with Crippen LogP contribution in [0.1, 0.15) is 57.8 Å². The van der Waals surface area contributed by atoms with E-state index >= 15 is 0 Å². The lowest BCUT2D eigenvalue weighted by Crippen LogP contribution is -2.54. The summed E-state index contributed by atoms with van der Waals surface area (Å²) in [5.74, 6) is 1.39. The summed E-state index contributed by atoms with van der Waals surface area (Å²) in [6.07, 6.45) is 8.67. The molecule has 1 atom stereocenters. The molecule has 0 saturated carbocycles. The van der Waals surface area contributed by atoms with E-state index in [2.05, 4.69) is 34.5 Å². The van der Waals surface area contributed by atoms with Crippen LogP contribution in [-0.2, 0) is 11.3 Å². The maximum atomic E-state index is 12.2. The highest BCUT2D eigenvalue weighted by molar-refractivity contribution is 5.77. The predicted molar refractivity (Wildman–Crippen MR) is 97.1 cm³/mol. The van der Waals surface area contributed by atoms with Gasteiger partial charge in [-0.15, -0.1) is 0 Å². The zero-order valence-corrected chi connectivity index (χ0v) is 15.7. The summed E-state index contributed by atoms with van der Waals surface area (Å²) in [6.45, 7) is 9.11. The van der Waals surface area contributed by atoms with Crippen LogP contribution < -0.4 is 0 Å². The van der Waals surface area contributed by atoms with Crippen LogP contribution in [0, 0.1) is 5.41 Å². The van der Waals surface area contributed by atoms with Crippen LogP contribution in [0.3, 0.4) is 0 Å². The number of likely N-dealkylation sites (tertiary alicyclic amines) is 2. The van der Waals surface area contributed by atoms with Crippen LogP contribution >= 0.6 is 0 Å². The first kappa shape index (κ1) is 18.4. The lowest BCUT2D eigenvalue weighted by molar-refractivity contribution is -0.139. The van der Waals surface area contributed by atoms with Crippen molar-refractivity contribution in [1.82, 2.24) is 19.4 Å². The Bertz CT molecular complexity index is 586. The summed E-state index contributed by atoms with van der Waals surface area (Å²) in [7, 11) is 0. The number of carbonyl (C=O) groups is 1. The summed E-state index contributed by atoms with van der Waals surface area (Å²) < 4.78 is 2.25. The number of carbonyl (C=O) groups excluding carboxylic acids is 1. The Morgan fingerprint density at radius 2 is 2.16 bits per heavy atom. The molecule has 0 bridgehead atoms. The summed E-state index contributed by atoms with van der Waals surface area (Å²) >= 11 is 0. The number of imidazole rings is 1. The molecule has 1 aromatic heterocycles. The Morgan fingerprint density at radius 3 is 2.92 bits per heavy atom. The molecule has 0 radical (unpaired) electrons. The molecule has 2 fully saturated rings. The number of hydrogen-bond donors (Lipinski definition) is 1. The Labute approximate surface area is 150 Å². The molecular weight excluding hydrogens is 316 g/mol. The summed E-state index contributed by atoms with van der Waals surface area (Å²) in [4.78, 5) is 21.3. The molecule has 1 amide bonds. The molecule has 6 heteroatoms. The number of hydrogen-bond acceptors (Lipinski definition) is 4. The monoisotopic (exact) mass is 348 g/mol. The van der Waals surface area contributed by atoms with Crippen molar-refractivity contribution in [2.75, 3.05) is 32.8 Å². The van der Waals surface area contributed by atoms with Crippen LogP contribution in [0.15, 0.2) is 12.4 Å². The lowest BCUT2D eigenvalue weighted by Gasteiger charge is -2.48. The van der Waals surface area contributed by atoms with Crippen LogP contribution in [-0.4, -0.2) is 63.2 Å². The van der Waals surface area contributed by atoms with Gasteiger partial charge in [0.15, 0.2) is 0 Å². The number of rotatable bonds is 6. The molecular formula is C19H32N4O2. The molecule has 2 aliphatic heterocycles. The molecule has 1 unspecified atom stereocenters. The van der Waals surface area contributed by atoms with Gasteiger partial charge in [0.05, 0.1) is 6.54 Å². The second kappa shape index (κ2) is 7.87. The Kier molecular flexibility index (Phi) is 5.79. The second-order valence-corrected chi connectivity index (χ2v) is 8.05. The van der Waals surface area contributed by atoms with Crippen LogP contribution in [0.4, 0.5) is 0 Å².